The first-order valence-corrected chi connectivity index (χ1v) is 9.33. The third-order valence-electron chi connectivity index (χ3n) is 4.03. The third kappa shape index (κ3) is 7.61. The van der Waals surface area contributed by atoms with E-state index in [2.05, 4.69) is 62.4 Å². The number of aromatic nitrogens is 1. The van der Waals surface area contributed by atoms with Gasteiger partial charge in [0.15, 0.2) is 0 Å². The van der Waals surface area contributed by atoms with Crippen molar-refractivity contribution in [2.45, 2.75) is 47.1 Å². The molecule has 0 aliphatic carbocycles. The summed E-state index contributed by atoms with van der Waals surface area (Å²) in [5, 5.41) is 0. The van der Waals surface area contributed by atoms with Gasteiger partial charge >= 0.3 is 0 Å². The van der Waals surface area contributed by atoms with Gasteiger partial charge in [0.1, 0.15) is 11.6 Å². The normalized spacial score (nSPS) is 17.0. The van der Waals surface area contributed by atoms with E-state index in [4.69, 9.17) is 9.47 Å². The Balaban J connectivity index is 1.75. The van der Waals surface area contributed by atoms with Crippen LogP contribution < -0.4 is 9.64 Å². The van der Waals surface area contributed by atoms with E-state index in [1.54, 1.807) is 0 Å². The summed E-state index contributed by atoms with van der Waals surface area (Å²) in [5.74, 6) is 1.88. The molecule has 0 spiro atoms. The minimum Gasteiger partial charge on any atom is -0.491 e. The fourth-order valence-corrected chi connectivity index (χ4v) is 2.63. The molecule has 0 radical (unpaired) electrons. The van der Waals surface area contributed by atoms with Gasteiger partial charge < -0.3 is 14.4 Å². The number of hydrogen-bond acceptors (Lipinski definition) is 5. The highest BCUT2D eigenvalue weighted by molar-refractivity contribution is 5.41. The lowest BCUT2D eigenvalue weighted by molar-refractivity contribution is -0.0135. The summed E-state index contributed by atoms with van der Waals surface area (Å²) < 4.78 is 11.6. The van der Waals surface area contributed by atoms with Gasteiger partial charge in [-0.1, -0.05) is 20.8 Å². The van der Waals surface area contributed by atoms with Crippen LogP contribution in [0.4, 0.5) is 5.82 Å². The van der Waals surface area contributed by atoms with Crippen molar-refractivity contribution < 1.29 is 9.47 Å². The first kappa shape index (κ1) is 20.0. The van der Waals surface area contributed by atoms with Crippen molar-refractivity contribution in [3.8, 4) is 5.75 Å². The number of ether oxygens (including phenoxy) is 2. The third-order valence-corrected chi connectivity index (χ3v) is 4.03. The van der Waals surface area contributed by atoms with Crippen molar-refractivity contribution in [3.63, 3.8) is 0 Å². The molecule has 1 aromatic rings. The van der Waals surface area contributed by atoms with E-state index in [0.29, 0.717) is 6.61 Å². The monoisotopic (exact) mass is 349 g/mol. The summed E-state index contributed by atoms with van der Waals surface area (Å²) in [5.41, 5.74) is 0.105. The van der Waals surface area contributed by atoms with Crippen LogP contribution in [0.15, 0.2) is 18.3 Å². The van der Waals surface area contributed by atoms with E-state index < -0.39 is 0 Å². The van der Waals surface area contributed by atoms with Crippen LogP contribution in [0.2, 0.25) is 0 Å². The standard InChI is InChI=1S/C20H35N3O2/c1-19(2,3)16-24-17-7-8-18(21-15-17)23-11-9-22(10-12-23)13-14-25-20(4,5)6/h7-8,15H,9-14,16H2,1-6H3. The van der Waals surface area contributed by atoms with Gasteiger partial charge in [-0.05, 0) is 38.3 Å². The van der Waals surface area contributed by atoms with Gasteiger partial charge in [0.05, 0.1) is 25.0 Å². The Morgan fingerprint density at radius 3 is 2.20 bits per heavy atom. The van der Waals surface area contributed by atoms with Gasteiger partial charge in [0.25, 0.3) is 0 Å². The summed E-state index contributed by atoms with van der Waals surface area (Å²) >= 11 is 0. The van der Waals surface area contributed by atoms with Crippen LogP contribution in [-0.4, -0.2) is 61.4 Å². The quantitative estimate of drug-likeness (QED) is 0.786. The highest BCUT2D eigenvalue weighted by atomic mass is 16.5. The Morgan fingerprint density at radius 1 is 1.00 bits per heavy atom. The number of rotatable bonds is 6. The van der Waals surface area contributed by atoms with Gasteiger partial charge in [-0.2, -0.15) is 0 Å². The molecule has 0 amide bonds. The van der Waals surface area contributed by atoms with E-state index >= 15 is 0 Å². The summed E-state index contributed by atoms with van der Waals surface area (Å²) in [6.45, 7) is 19.4. The maximum Gasteiger partial charge on any atom is 0.137 e. The molecule has 0 saturated carbocycles. The number of nitrogens with zero attached hydrogens (tertiary/aromatic N) is 3. The van der Waals surface area contributed by atoms with Crippen LogP contribution in [0, 0.1) is 5.41 Å². The Kier molecular flexibility index (Phi) is 6.69. The van der Waals surface area contributed by atoms with E-state index in [1.165, 1.54) is 0 Å². The number of piperazine rings is 1. The number of hydrogen-bond donors (Lipinski definition) is 0. The highest BCUT2D eigenvalue weighted by Crippen LogP contribution is 2.20. The summed E-state index contributed by atoms with van der Waals surface area (Å²) in [6.07, 6.45) is 1.84. The molecular weight excluding hydrogens is 314 g/mol. The van der Waals surface area contributed by atoms with Gasteiger partial charge in [-0.3, -0.25) is 4.90 Å². The minimum atomic E-state index is -0.0530. The topological polar surface area (TPSA) is 37.8 Å². The second-order valence-corrected chi connectivity index (χ2v) is 8.99. The molecule has 5 nitrogen and oxygen atoms in total. The molecule has 1 fully saturated rings. The van der Waals surface area contributed by atoms with E-state index in [0.717, 1.165) is 50.9 Å². The lowest BCUT2D eigenvalue weighted by atomic mass is 9.99. The Labute approximate surface area is 153 Å². The van der Waals surface area contributed by atoms with Crippen molar-refractivity contribution >= 4 is 5.82 Å². The molecule has 0 aromatic carbocycles. The second-order valence-electron chi connectivity index (χ2n) is 8.99. The van der Waals surface area contributed by atoms with Crippen molar-refractivity contribution in [2.24, 2.45) is 5.41 Å². The second kappa shape index (κ2) is 8.37. The fourth-order valence-electron chi connectivity index (χ4n) is 2.63. The van der Waals surface area contributed by atoms with Gasteiger partial charge in [-0.25, -0.2) is 4.98 Å². The molecular formula is C20H35N3O2. The molecule has 142 valence electrons. The van der Waals surface area contributed by atoms with Gasteiger partial charge in [-0.15, -0.1) is 0 Å². The maximum atomic E-state index is 5.82. The molecule has 1 aliphatic heterocycles. The first-order valence-electron chi connectivity index (χ1n) is 9.33. The predicted octanol–water partition coefficient (Wildman–Crippen LogP) is 3.44. The molecule has 0 N–H and O–H groups in total. The average molecular weight is 350 g/mol. The van der Waals surface area contributed by atoms with Gasteiger partial charge in [0.2, 0.25) is 0 Å². The number of pyridine rings is 1. The molecule has 5 heteroatoms. The first-order chi connectivity index (χ1) is 11.6. The zero-order valence-corrected chi connectivity index (χ0v) is 16.8. The van der Waals surface area contributed by atoms with Crippen molar-refractivity contribution in [3.05, 3.63) is 18.3 Å². The van der Waals surface area contributed by atoms with E-state index in [-0.39, 0.29) is 11.0 Å². The SMILES string of the molecule is CC(C)(C)COc1ccc(N2CCN(CCOC(C)(C)C)CC2)nc1. The minimum absolute atomic E-state index is 0.0530. The summed E-state index contributed by atoms with van der Waals surface area (Å²) in [7, 11) is 0. The highest BCUT2D eigenvalue weighted by Gasteiger charge is 2.19. The predicted molar refractivity (Wildman–Crippen MR) is 104 cm³/mol. The van der Waals surface area contributed by atoms with Crippen molar-refractivity contribution in [1.29, 1.82) is 0 Å². The maximum absolute atomic E-state index is 5.82. The molecule has 0 atom stereocenters. The Hall–Kier alpha value is -1.33. The molecule has 0 unspecified atom stereocenters. The van der Waals surface area contributed by atoms with Crippen LogP contribution in [-0.2, 0) is 4.74 Å². The van der Waals surface area contributed by atoms with Crippen LogP contribution in [0.25, 0.3) is 0 Å². The summed E-state index contributed by atoms with van der Waals surface area (Å²) in [4.78, 5) is 9.38. The van der Waals surface area contributed by atoms with E-state index in [1.807, 2.05) is 12.3 Å². The summed E-state index contributed by atoms with van der Waals surface area (Å²) in [6, 6.07) is 4.09. The Morgan fingerprint density at radius 2 is 1.68 bits per heavy atom. The molecule has 2 rings (SSSR count). The van der Waals surface area contributed by atoms with Crippen molar-refractivity contribution in [2.75, 3.05) is 50.8 Å². The largest absolute Gasteiger partial charge is 0.491 e. The zero-order chi connectivity index (χ0) is 18.5. The lowest BCUT2D eigenvalue weighted by Crippen LogP contribution is -2.47. The Bertz CT molecular complexity index is 509. The van der Waals surface area contributed by atoms with Crippen LogP contribution in [0.1, 0.15) is 41.5 Å². The average Bonchev–Trinajstić information content (AvgIpc) is 2.52. The zero-order valence-electron chi connectivity index (χ0n) is 16.8. The van der Waals surface area contributed by atoms with Crippen LogP contribution in [0.3, 0.4) is 0 Å². The molecule has 1 aromatic heterocycles. The molecule has 25 heavy (non-hydrogen) atoms. The lowest BCUT2D eigenvalue weighted by Gasteiger charge is -2.35. The number of anilines is 1. The molecule has 2 heterocycles. The smallest absolute Gasteiger partial charge is 0.137 e. The molecule has 0 bridgehead atoms. The fraction of sp³-hybridized carbons (Fsp3) is 0.750. The molecule has 1 saturated heterocycles. The van der Waals surface area contributed by atoms with Crippen molar-refractivity contribution in [1.82, 2.24) is 9.88 Å². The van der Waals surface area contributed by atoms with Crippen LogP contribution in [0.5, 0.6) is 5.75 Å². The van der Waals surface area contributed by atoms with Gasteiger partial charge in [0, 0.05) is 32.7 Å². The van der Waals surface area contributed by atoms with Crippen LogP contribution >= 0.6 is 0 Å². The van der Waals surface area contributed by atoms with E-state index in [9.17, 15) is 0 Å². The molecule has 1 aliphatic rings.